The van der Waals surface area contributed by atoms with Crippen LogP contribution in [0.1, 0.15) is 20.8 Å². The minimum Gasteiger partial charge on any atom is -0.383 e. The van der Waals surface area contributed by atoms with E-state index in [0.717, 1.165) is 0 Å². The number of carbonyl (C=O) groups is 2. The van der Waals surface area contributed by atoms with Gasteiger partial charge in [0.2, 0.25) is 0 Å². The van der Waals surface area contributed by atoms with Gasteiger partial charge in [-0.2, -0.15) is 0 Å². The zero-order valence-electron chi connectivity index (χ0n) is 15.7. The summed E-state index contributed by atoms with van der Waals surface area (Å²) in [6, 6.07) is 9.72. The van der Waals surface area contributed by atoms with Crippen molar-refractivity contribution in [1.82, 2.24) is 15.2 Å². The van der Waals surface area contributed by atoms with Crippen molar-refractivity contribution in [3.63, 3.8) is 0 Å². The molecule has 1 N–H and O–H groups in total. The Labute approximate surface area is 163 Å². The topological polar surface area (TPSA) is 74.8 Å². The molecule has 28 heavy (non-hydrogen) atoms. The van der Waals surface area contributed by atoms with Gasteiger partial charge in [-0.15, -0.1) is 0 Å². The van der Waals surface area contributed by atoms with Crippen LogP contribution in [0, 0.1) is 5.82 Å². The summed E-state index contributed by atoms with van der Waals surface area (Å²) >= 11 is 0. The Bertz CT molecular complexity index is 838. The number of piperazine rings is 1. The molecule has 2 amide bonds. The number of ether oxygens (including phenoxy) is 1. The van der Waals surface area contributed by atoms with Gasteiger partial charge in [0.1, 0.15) is 11.5 Å². The van der Waals surface area contributed by atoms with Gasteiger partial charge < -0.3 is 19.9 Å². The molecule has 0 radical (unpaired) electrons. The average Bonchev–Trinajstić information content (AvgIpc) is 2.74. The maximum atomic E-state index is 14.0. The van der Waals surface area contributed by atoms with E-state index in [2.05, 4.69) is 10.3 Å². The number of methoxy groups -OCH3 is 1. The van der Waals surface area contributed by atoms with Crippen LogP contribution in [-0.4, -0.2) is 68.1 Å². The predicted octanol–water partition coefficient (Wildman–Crippen LogP) is 1.56. The molecule has 1 aromatic carbocycles. The van der Waals surface area contributed by atoms with Gasteiger partial charge >= 0.3 is 0 Å². The number of aromatic nitrogens is 1. The molecule has 1 fully saturated rings. The summed E-state index contributed by atoms with van der Waals surface area (Å²) in [6.45, 7) is 2.81. The molecule has 0 aliphatic carbocycles. The summed E-state index contributed by atoms with van der Waals surface area (Å²) in [6.07, 6.45) is 1.45. The fourth-order valence-corrected chi connectivity index (χ4v) is 3.09. The first-order chi connectivity index (χ1) is 13.6. The molecule has 0 spiro atoms. The molecule has 0 unspecified atom stereocenters. The van der Waals surface area contributed by atoms with Gasteiger partial charge in [0.25, 0.3) is 11.8 Å². The number of halogens is 1. The minimum absolute atomic E-state index is 0.165. The Morgan fingerprint density at radius 3 is 2.64 bits per heavy atom. The number of benzene rings is 1. The van der Waals surface area contributed by atoms with Crippen LogP contribution in [0.2, 0.25) is 0 Å². The molecule has 7 nitrogen and oxygen atoms in total. The summed E-state index contributed by atoms with van der Waals surface area (Å²) in [7, 11) is 1.55. The van der Waals surface area contributed by atoms with Gasteiger partial charge in [0.15, 0.2) is 0 Å². The normalized spacial score (nSPS) is 14.1. The second kappa shape index (κ2) is 9.27. The van der Waals surface area contributed by atoms with E-state index in [9.17, 15) is 14.0 Å². The van der Waals surface area contributed by atoms with Crippen molar-refractivity contribution in [2.45, 2.75) is 0 Å². The number of hydrogen-bond donors (Lipinski definition) is 1. The third-order valence-electron chi connectivity index (χ3n) is 4.59. The Kier molecular flexibility index (Phi) is 6.54. The van der Waals surface area contributed by atoms with Gasteiger partial charge in [0.05, 0.1) is 12.3 Å². The standard InChI is InChI=1S/C20H23FN4O3/c1-28-13-8-23-19(26)17-14-15(6-7-22-17)20(27)25-11-9-24(10-12-25)18-5-3-2-4-16(18)21/h2-7,14H,8-13H2,1H3,(H,23,26). The zero-order chi connectivity index (χ0) is 19.9. The molecule has 2 heterocycles. The van der Waals surface area contributed by atoms with Gasteiger partial charge in [-0.05, 0) is 24.3 Å². The maximum absolute atomic E-state index is 14.0. The highest BCUT2D eigenvalue weighted by atomic mass is 19.1. The van der Waals surface area contributed by atoms with Crippen LogP contribution >= 0.6 is 0 Å². The summed E-state index contributed by atoms with van der Waals surface area (Å²) in [5.74, 6) is -0.780. The first-order valence-corrected chi connectivity index (χ1v) is 9.12. The van der Waals surface area contributed by atoms with Crippen LogP contribution in [0.5, 0.6) is 0 Å². The molecule has 2 aromatic rings. The molecular weight excluding hydrogens is 363 g/mol. The van der Waals surface area contributed by atoms with Crippen LogP contribution in [-0.2, 0) is 4.74 Å². The number of pyridine rings is 1. The largest absolute Gasteiger partial charge is 0.383 e. The highest BCUT2D eigenvalue weighted by Gasteiger charge is 2.24. The molecule has 1 saturated heterocycles. The summed E-state index contributed by atoms with van der Waals surface area (Å²) in [5, 5.41) is 2.68. The van der Waals surface area contributed by atoms with E-state index in [1.165, 1.54) is 18.3 Å². The van der Waals surface area contributed by atoms with Crippen molar-refractivity contribution in [2.75, 3.05) is 51.3 Å². The summed E-state index contributed by atoms with van der Waals surface area (Å²) in [5.41, 5.74) is 1.15. The van der Waals surface area contributed by atoms with Crippen LogP contribution in [0.15, 0.2) is 42.6 Å². The number of anilines is 1. The Hall–Kier alpha value is -3.00. The minimum atomic E-state index is -0.351. The highest BCUT2D eigenvalue weighted by molar-refractivity contribution is 5.98. The number of rotatable bonds is 6. The van der Waals surface area contributed by atoms with E-state index in [0.29, 0.717) is 50.6 Å². The van der Waals surface area contributed by atoms with E-state index in [-0.39, 0.29) is 23.3 Å². The number of nitrogens with zero attached hydrogens (tertiary/aromatic N) is 3. The molecule has 148 valence electrons. The average molecular weight is 386 g/mol. The highest BCUT2D eigenvalue weighted by Crippen LogP contribution is 2.20. The molecular formula is C20H23FN4O3. The molecule has 1 aliphatic heterocycles. The van der Waals surface area contributed by atoms with E-state index in [1.54, 1.807) is 36.3 Å². The number of hydrogen-bond acceptors (Lipinski definition) is 5. The Balaban J connectivity index is 1.61. The van der Waals surface area contributed by atoms with E-state index in [4.69, 9.17) is 4.74 Å². The molecule has 8 heteroatoms. The maximum Gasteiger partial charge on any atom is 0.269 e. The van der Waals surface area contributed by atoms with Crippen molar-refractivity contribution in [3.05, 3.63) is 59.7 Å². The zero-order valence-corrected chi connectivity index (χ0v) is 15.7. The predicted molar refractivity (Wildman–Crippen MR) is 103 cm³/mol. The van der Waals surface area contributed by atoms with E-state index >= 15 is 0 Å². The first-order valence-electron chi connectivity index (χ1n) is 9.12. The van der Waals surface area contributed by atoms with Crippen LogP contribution in [0.25, 0.3) is 0 Å². The lowest BCUT2D eigenvalue weighted by Gasteiger charge is -2.36. The third kappa shape index (κ3) is 4.64. The van der Waals surface area contributed by atoms with E-state index < -0.39 is 0 Å². The fraction of sp³-hybridized carbons (Fsp3) is 0.350. The molecule has 1 aliphatic rings. The lowest BCUT2D eigenvalue weighted by molar-refractivity contribution is 0.0746. The number of nitrogens with one attached hydrogen (secondary N) is 1. The lowest BCUT2D eigenvalue weighted by Crippen LogP contribution is -2.49. The monoisotopic (exact) mass is 386 g/mol. The Morgan fingerprint density at radius 1 is 1.18 bits per heavy atom. The Morgan fingerprint density at radius 2 is 1.93 bits per heavy atom. The smallest absolute Gasteiger partial charge is 0.269 e. The lowest BCUT2D eigenvalue weighted by atomic mass is 10.1. The van der Waals surface area contributed by atoms with Crippen LogP contribution in [0.4, 0.5) is 10.1 Å². The van der Waals surface area contributed by atoms with Crippen molar-refractivity contribution in [3.8, 4) is 0 Å². The quantitative estimate of drug-likeness (QED) is 0.763. The molecule has 1 aromatic heterocycles. The SMILES string of the molecule is COCCNC(=O)c1cc(C(=O)N2CCN(c3ccccc3F)CC2)ccn1. The van der Waals surface area contributed by atoms with Crippen LogP contribution in [0.3, 0.4) is 0 Å². The van der Waals surface area contributed by atoms with Gasteiger partial charge in [-0.3, -0.25) is 14.6 Å². The number of para-hydroxylation sites is 1. The molecule has 0 atom stereocenters. The van der Waals surface area contributed by atoms with Crippen molar-refractivity contribution < 1.29 is 18.7 Å². The summed E-state index contributed by atoms with van der Waals surface area (Å²) in [4.78, 5) is 32.6. The third-order valence-corrected chi connectivity index (χ3v) is 4.59. The van der Waals surface area contributed by atoms with Crippen LogP contribution < -0.4 is 10.2 Å². The van der Waals surface area contributed by atoms with Crippen molar-refractivity contribution >= 4 is 17.5 Å². The van der Waals surface area contributed by atoms with Gasteiger partial charge in [-0.25, -0.2) is 4.39 Å². The number of amides is 2. The molecule has 0 bridgehead atoms. The summed E-state index contributed by atoms with van der Waals surface area (Å²) < 4.78 is 18.8. The van der Waals surface area contributed by atoms with Gasteiger partial charge in [-0.1, -0.05) is 12.1 Å². The van der Waals surface area contributed by atoms with Crippen molar-refractivity contribution in [1.29, 1.82) is 0 Å². The molecule has 3 rings (SSSR count). The van der Waals surface area contributed by atoms with E-state index in [1.807, 2.05) is 4.90 Å². The van der Waals surface area contributed by atoms with Gasteiger partial charge in [0, 0.05) is 51.6 Å². The molecule has 0 saturated carbocycles. The number of carbonyl (C=O) groups excluding carboxylic acids is 2. The first kappa shape index (κ1) is 19.8. The fourth-order valence-electron chi connectivity index (χ4n) is 3.09. The second-order valence-corrected chi connectivity index (χ2v) is 6.41. The van der Waals surface area contributed by atoms with Crippen molar-refractivity contribution in [2.24, 2.45) is 0 Å². The second-order valence-electron chi connectivity index (χ2n) is 6.41.